The van der Waals surface area contributed by atoms with Crippen LogP contribution in [0.3, 0.4) is 0 Å². The number of carbonyl (C=O) groups is 2. The molecule has 4 nitrogen and oxygen atoms in total. The van der Waals surface area contributed by atoms with Gasteiger partial charge in [0.2, 0.25) is 0 Å². The average molecular weight is 579 g/mol. The van der Waals surface area contributed by atoms with E-state index in [-0.39, 0.29) is 11.8 Å². The molecule has 5 aromatic rings. The van der Waals surface area contributed by atoms with Crippen LogP contribution in [0, 0.1) is 0 Å². The van der Waals surface area contributed by atoms with E-state index in [2.05, 4.69) is 91.0 Å². The van der Waals surface area contributed by atoms with Crippen molar-refractivity contribution < 1.29 is 14.3 Å². The molecule has 0 atom stereocenters. The van der Waals surface area contributed by atoms with Crippen LogP contribution in [0.5, 0.6) is 11.5 Å². The van der Waals surface area contributed by atoms with Gasteiger partial charge in [-0.05, 0) is 104 Å². The lowest BCUT2D eigenvalue weighted by atomic mass is 10.1. The van der Waals surface area contributed by atoms with Crippen LogP contribution in [0.4, 0.5) is 5.69 Å². The molecule has 208 valence electrons. The van der Waals surface area contributed by atoms with Crippen molar-refractivity contribution in [2.75, 3.05) is 4.90 Å². The fourth-order valence-corrected chi connectivity index (χ4v) is 10.4. The molecule has 0 unspecified atom stereocenters. The highest BCUT2D eigenvalue weighted by atomic mass is 31.2. The van der Waals surface area contributed by atoms with Crippen LogP contribution in [0.2, 0.25) is 0 Å². The van der Waals surface area contributed by atoms with Gasteiger partial charge >= 0.3 is 0 Å². The van der Waals surface area contributed by atoms with Crippen molar-refractivity contribution in [3.05, 3.63) is 168 Å². The highest BCUT2D eigenvalue weighted by Crippen LogP contribution is 2.63. The highest BCUT2D eigenvalue weighted by Gasteiger charge is 2.49. The average Bonchev–Trinajstić information content (AvgIpc) is 3.32. The quantitative estimate of drug-likeness (QED) is 0.146. The Hall–Kier alpha value is -5.05. The summed E-state index contributed by atoms with van der Waals surface area (Å²) in [7, 11) is -2.24. The predicted molar refractivity (Wildman–Crippen MR) is 176 cm³/mol. The Bertz CT molecular complexity index is 1820. The summed E-state index contributed by atoms with van der Waals surface area (Å²) in [6.45, 7) is 0. The Morgan fingerprint density at radius 3 is 1.74 bits per heavy atom. The van der Waals surface area contributed by atoms with Crippen LogP contribution in [-0.4, -0.2) is 11.8 Å². The van der Waals surface area contributed by atoms with Gasteiger partial charge in [-0.1, -0.05) is 60.7 Å². The third-order valence-electron chi connectivity index (χ3n) is 7.98. The third-order valence-corrected chi connectivity index (χ3v) is 12.3. The van der Waals surface area contributed by atoms with Crippen molar-refractivity contribution in [3.63, 3.8) is 0 Å². The molecule has 2 aliphatic rings. The summed E-state index contributed by atoms with van der Waals surface area (Å²) < 4.78 is 5.93. The van der Waals surface area contributed by atoms with E-state index in [0.29, 0.717) is 28.3 Å². The molecule has 43 heavy (non-hydrogen) atoms. The van der Waals surface area contributed by atoms with Crippen molar-refractivity contribution in [2.45, 2.75) is 12.8 Å². The van der Waals surface area contributed by atoms with Crippen LogP contribution >= 0.6 is 7.26 Å². The molecule has 5 aromatic carbocycles. The number of anilines is 1. The number of benzene rings is 5. The minimum absolute atomic E-state index is 0.330. The van der Waals surface area contributed by atoms with Gasteiger partial charge in [-0.15, -0.1) is 0 Å². The summed E-state index contributed by atoms with van der Waals surface area (Å²) in [6, 6.07) is 43.8. The van der Waals surface area contributed by atoms with Gasteiger partial charge in [-0.2, -0.15) is 0 Å². The number of carbonyl (C=O) groups excluding carboxylic acids is 2. The molecule has 1 heterocycles. The lowest BCUT2D eigenvalue weighted by Crippen LogP contribution is -2.33. The highest BCUT2D eigenvalue weighted by molar-refractivity contribution is 7.99. The fourth-order valence-electron chi connectivity index (χ4n) is 6.01. The van der Waals surface area contributed by atoms with Gasteiger partial charge in [0.1, 0.15) is 40.0 Å². The van der Waals surface area contributed by atoms with Crippen molar-refractivity contribution in [1.29, 1.82) is 0 Å². The molecule has 1 aliphatic heterocycles. The molecular weight excluding hydrogens is 549 g/mol. The summed E-state index contributed by atoms with van der Waals surface area (Å²) >= 11 is 0. The first-order valence-corrected chi connectivity index (χ1v) is 16.2. The van der Waals surface area contributed by atoms with Crippen LogP contribution in [0.15, 0.2) is 157 Å². The third kappa shape index (κ3) is 4.70. The Morgan fingerprint density at radius 1 is 0.558 bits per heavy atom. The first-order valence-electron chi connectivity index (χ1n) is 14.4. The summed E-state index contributed by atoms with van der Waals surface area (Å²) in [5, 5.41) is 5.01. The van der Waals surface area contributed by atoms with Crippen molar-refractivity contribution in [1.82, 2.24) is 0 Å². The smallest absolute Gasteiger partial charge is 0.266 e. The predicted octanol–water partition coefficient (Wildman–Crippen LogP) is 7.81. The number of hydrogen-bond acceptors (Lipinski definition) is 3. The minimum atomic E-state index is -2.24. The van der Waals surface area contributed by atoms with E-state index in [1.165, 1.54) is 26.1 Å². The van der Waals surface area contributed by atoms with Crippen LogP contribution in [0.25, 0.3) is 0 Å². The number of imide groups is 1. The van der Waals surface area contributed by atoms with Gasteiger partial charge < -0.3 is 4.74 Å². The van der Waals surface area contributed by atoms with E-state index in [4.69, 9.17) is 4.74 Å². The molecule has 0 spiro atoms. The van der Waals surface area contributed by atoms with Gasteiger partial charge in [0.15, 0.2) is 0 Å². The van der Waals surface area contributed by atoms with Crippen LogP contribution in [0.1, 0.15) is 33.6 Å². The lowest BCUT2D eigenvalue weighted by molar-refractivity contribution is 0.0926. The molecule has 7 rings (SSSR count). The number of nitrogens with zero attached hydrogens (tertiary/aromatic N) is 1. The molecule has 5 heteroatoms. The molecule has 2 amide bonds. The second-order valence-corrected chi connectivity index (χ2v) is 13.9. The number of para-hydroxylation sites is 1. The maximum Gasteiger partial charge on any atom is 0.266 e. The topological polar surface area (TPSA) is 46.6 Å². The summed E-state index contributed by atoms with van der Waals surface area (Å²) in [6.07, 6.45) is 8.95. The van der Waals surface area contributed by atoms with Gasteiger partial charge in [0.25, 0.3) is 11.8 Å². The minimum Gasteiger partial charge on any atom is -0.457 e. The molecular formula is C38H29NO3P+. The number of amides is 2. The maximum absolute atomic E-state index is 13.6. The normalized spacial score (nSPS) is 14.4. The zero-order chi connectivity index (χ0) is 29.2. The fraction of sp³-hybridized carbons (Fsp3) is 0.0526. The molecule has 0 radical (unpaired) electrons. The summed E-state index contributed by atoms with van der Waals surface area (Å²) in [5.74, 6) is 0.496. The summed E-state index contributed by atoms with van der Waals surface area (Å²) in [5.41, 5.74) is 1.27. The number of rotatable bonds is 7. The standard InChI is InChI=1S/C38H29NO3P/c40-37-35-26-23-30(42-29-13-5-1-6-14-29)27-36(35)38(41)39(37)28-21-24-34(25-22-28)43(31-15-7-2-8-16-31,32-17-9-3-10-18-32)33-19-11-4-12-20-33/h1-3,5-11,13-27H,4,12H2/q+1. The van der Waals surface area contributed by atoms with Crippen LogP contribution < -0.4 is 25.6 Å². The largest absolute Gasteiger partial charge is 0.457 e. The lowest BCUT2D eigenvalue weighted by Gasteiger charge is -2.29. The van der Waals surface area contributed by atoms with Gasteiger partial charge in [0, 0.05) is 0 Å². The zero-order valence-electron chi connectivity index (χ0n) is 23.5. The second-order valence-electron chi connectivity index (χ2n) is 10.5. The maximum atomic E-state index is 13.6. The Kier molecular flexibility index (Phi) is 7.06. The number of ether oxygens (including phenoxy) is 1. The molecule has 0 bridgehead atoms. The molecule has 1 aliphatic carbocycles. The summed E-state index contributed by atoms with van der Waals surface area (Å²) in [4.78, 5) is 28.4. The van der Waals surface area contributed by atoms with Crippen molar-refractivity contribution in [3.8, 4) is 11.5 Å². The molecule has 0 saturated carbocycles. The zero-order valence-corrected chi connectivity index (χ0v) is 24.4. The van der Waals surface area contributed by atoms with E-state index < -0.39 is 7.26 Å². The van der Waals surface area contributed by atoms with Gasteiger partial charge in [-0.3, -0.25) is 9.59 Å². The van der Waals surface area contributed by atoms with Gasteiger partial charge in [-0.25, -0.2) is 4.90 Å². The van der Waals surface area contributed by atoms with E-state index in [1.54, 1.807) is 18.2 Å². The monoisotopic (exact) mass is 578 g/mol. The van der Waals surface area contributed by atoms with E-state index in [1.807, 2.05) is 42.5 Å². The first kappa shape index (κ1) is 26.8. The Labute approximate surface area is 251 Å². The Balaban J connectivity index is 1.28. The molecule has 0 fully saturated rings. The van der Waals surface area contributed by atoms with E-state index in [0.717, 1.165) is 12.8 Å². The first-order chi connectivity index (χ1) is 21.2. The van der Waals surface area contributed by atoms with Crippen molar-refractivity contribution in [2.24, 2.45) is 0 Å². The molecule has 0 aromatic heterocycles. The second kappa shape index (κ2) is 11.3. The van der Waals surface area contributed by atoms with Gasteiger partial charge in [0.05, 0.1) is 16.8 Å². The molecule has 0 saturated heterocycles. The Morgan fingerprint density at radius 2 is 1.14 bits per heavy atom. The molecule has 0 N–H and O–H groups in total. The number of allylic oxidation sites excluding steroid dienone is 4. The van der Waals surface area contributed by atoms with Crippen LogP contribution in [-0.2, 0) is 0 Å². The number of hydrogen-bond donors (Lipinski definition) is 0. The number of fused-ring (bicyclic) bond motifs is 1. The van der Waals surface area contributed by atoms with Crippen molar-refractivity contribution >= 4 is 40.7 Å². The van der Waals surface area contributed by atoms with E-state index in [9.17, 15) is 9.59 Å². The SMILES string of the molecule is O=C1c2ccc(Oc3ccccc3)cc2C(=O)N1c1ccc([P+](C2=CCCC=C2)(c2ccccc2)c2ccccc2)cc1. The van der Waals surface area contributed by atoms with E-state index >= 15 is 0 Å².